The number of thiazole rings is 2. The van der Waals surface area contributed by atoms with E-state index in [0.717, 1.165) is 77.0 Å². The van der Waals surface area contributed by atoms with Gasteiger partial charge in [0.05, 0.1) is 5.69 Å². The number of aryl methyl sites for hydroxylation is 1. The third kappa shape index (κ3) is 4.32. The highest BCUT2D eigenvalue weighted by Gasteiger charge is 2.18. The van der Waals surface area contributed by atoms with Crippen molar-refractivity contribution in [2.45, 2.75) is 45.1 Å². The number of hydrogen-bond donors (Lipinski definition) is 2. The van der Waals surface area contributed by atoms with Crippen LogP contribution in [0.2, 0.25) is 0 Å². The second kappa shape index (κ2) is 8.69. The van der Waals surface area contributed by atoms with E-state index in [-0.39, 0.29) is 0 Å². The van der Waals surface area contributed by atoms with E-state index >= 15 is 0 Å². The van der Waals surface area contributed by atoms with Gasteiger partial charge in [0.25, 0.3) is 0 Å². The van der Waals surface area contributed by atoms with Gasteiger partial charge in [0.15, 0.2) is 11.1 Å². The summed E-state index contributed by atoms with van der Waals surface area (Å²) in [6.45, 7) is 3.80. The van der Waals surface area contributed by atoms with Gasteiger partial charge in [0.1, 0.15) is 22.5 Å². The Hall–Kier alpha value is -2.52. The van der Waals surface area contributed by atoms with E-state index in [2.05, 4.69) is 31.7 Å². The number of ether oxygens (including phenoxy) is 1. The predicted octanol–water partition coefficient (Wildman–Crippen LogP) is 4.72. The molecule has 0 bridgehead atoms. The van der Waals surface area contributed by atoms with Crippen LogP contribution in [0.3, 0.4) is 0 Å². The highest BCUT2D eigenvalue weighted by Crippen LogP contribution is 2.33. The van der Waals surface area contributed by atoms with Crippen molar-refractivity contribution in [2.75, 3.05) is 18.4 Å². The number of aromatic nitrogens is 3. The molecule has 7 nitrogen and oxygen atoms in total. The fourth-order valence-corrected chi connectivity index (χ4v) is 5.28. The van der Waals surface area contributed by atoms with Gasteiger partial charge in [0, 0.05) is 35.5 Å². The molecule has 4 heterocycles. The van der Waals surface area contributed by atoms with E-state index in [1.807, 2.05) is 23.8 Å². The van der Waals surface area contributed by atoms with Gasteiger partial charge in [-0.25, -0.2) is 15.0 Å². The summed E-state index contributed by atoms with van der Waals surface area (Å²) < 4.78 is 6.03. The maximum Gasteiger partial charge on any atom is 0.213 e. The van der Waals surface area contributed by atoms with Crippen LogP contribution in [0.4, 0.5) is 5.13 Å². The third-order valence-corrected chi connectivity index (χ3v) is 6.91. The maximum atomic E-state index is 6.03. The molecule has 1 aliphatic carbocycles. The van der Waals surface area contributed by atoms with Gasteiger partial charge in [-0.1, -0.05) is 0 Å². The largest absolute Gasteiger partial charge is 0.474 e. The number of rotatable bonds is 5. The van der Waals surface area contributed by atoms with Gasteiger partial charge in [-0.2, -0.15) is 0 Å². The van der Waals surface area contributed by atoms with Crippen LogP contribution in [-0.2, 0) is 0 Å². The van der Waals surface area contributed by atoms with Crippen LogP contribution in [0.15, 0.2) is 27.9 Å². The van der Waals surface area contributed by atoms with E-state index in [9.17, 15) is 0 Å². The lowest BCUT2D eigenvalue weighted by Gasteiger charge is -2.14. The Bertz CT molecular complexity index is 1050. The SMILES string of the molecule is Cc1nc(OC2CCCC2)ccc1-c1nc(-c2csc(NC3=NCCCN3)n2)cs1. The summed E-state index contributed by atoms with van der Waals surface area (Å²) in [6.07, 6.45) is 6.15. The molecular formula is C21H24N6OS2. The number of guanidine groups is 1. The highest BCUT2D eigenvalue weighted by molar-refractivity contribution is 7.14. The van der Waals surface area contributed by atoms with E-state index < -0.39 is 0 Å². The van der Waals surface area contributed by atoms with Crippen LogP contribution in [0.25, 0.3) is 22.0 Å². The number of nitrogens with zero attached hydrogens (tertiary/aromatic N) is 4. The minimum Gasteiger partial charge on any atom is -0.474 e. The first-order valence-corrected chi connectivity index (χ1v) is 12.1. The molecular weight excluding hydrogens is 416 g/mol. The molecule has 3 aromatic heterocycles. The number of anilines is 1. The summed E-state index contributed by atoms with van der Waals surface area (Å²) in [5, 5.41) is 12.3. The number of aliphatic imine (C=N–C) groups is 1. The first-order chi connectivity index (χ1) is 14.7. The first kappa shape index (κ1) is 19.4. The fraction of sp³-hybridized carbons (Fsp3) is 0.429. The minimum absolute atomic E-state index is 0.316. The summed E-state index contributed by atoms with van der Waals surface area (Å²) in [5.41, 5.74) is 3.73. The van der Waals surface area contributed by atoms with E-state index in [0.29, 0.717) is 6.10 Å². The van der Waals surface area contributed by atoms with E-state index in [4.69, 9.17) is 9.72 Å². The Labute approximate surface area is 183 Å². The van der Waals surface area contributed by atoms with Crippen LogP contribution >= 0.6 is 22.7 Å². The topological polar surface area (TPSA) is 84.3 Å². The predicted molar refractivity (Wildman–Crippen MR) is 123 cm³/mol. The molecule has 1 saturated carbocycles. The highest BCUT2D eigenvalue weighted by atomic mass is 32.1. The Balaban J connectivity index is 1.30. The average Bonchev–Trinajstić information content (AvgIpc) is 3.51. The van der Waals surface area contributed by atoms with Crippen LogP contribution < -0.4 is 15.4 Å². The molecule has 30 heavy (non-hydrogen) atoms. The lowest BCUT2D eigenvalue weighted by atomic mass is 10.2. The molecule has 0 amide bonds. The van der Waals surface area contributed by atoms with E-state index in [1.54, 1.807) is 22.7 Å². The molecule has 2 aliphatic rings. The molecule has 2 N–H and O–H groups in total. The molecule has 0 spiro atoms. The van der Waals surface area contributed by atoms with Gasteiger partial charge in [-0.15, -0.1) is 22.7 Å². The van der Waals surface area contributed by atoms with Gasteiger partial charge in [0.2, 0.25) is 5.88 Å². The van der Waals surface area contributed by atoms with Crippen LogP contribution in [0.5, 0.6) is 5.88 Å². The standard InChI is InChI=1S/C21H24N6OS2/c1-13-15(7-8-18(24-13)28-14-5-2-3-6-14)19-25-16(11-29-19)17-12-30-21(26-17)27-20-22-9-4-10-23-20/h7-8,11-12,14H,2-6,9-10H2,1H3,(H2,22,23,26,27). The van der Waals surface area contributed by atoms with Crippen molar-refractivity contribution in [1.29, 1.82) is 0 Å². The molecule has 9 heteroatoms. The zero-order valence-electron chi connectivity index (χ0n) is 16.9. The van der Waals surface area contributed by atoms with Gasteiger partial charge in [-0.3, -0.25) is 4.99 Å². The Morgan fingerprint density at radius 2 is 1.87 bits per heavy atom. The molecule has 0 aromatic carbocycles. The van der Waals surface area contributed by atoms with Gasteiger partial charge in [-0.05, 0) is 45.1 Å². The van der Waals surface area contributed by atoms with Crippen molar-refractivity contribution < 1.29 is 4.74 Å². The zero-order chi connectivity index (χ0) is 20.3. The van der Waals surface area contributed by atoms with Crippen molar-refractivity contribution in [3.63, 3.8) is 0 Å². The first-order valence-electron chi connectivity index (χ1n) is 10.4. The molecule has 0 radical (unpaired) electrons. The van der Waals surface area contributed by atoms with Crippen molar-refractivity contribution in [3.8, 4) is 27.8 Å². The summed E-state index contributed by atoms with van der Waals surface area (Å²) >= 11 is 3.17. The molecule has 3 aromatic rings. The molecule has 156 valence electrons. The number of pyridine rings is 1. The van der Waals surface area contributed by atoms with Crippen molar-refractivity contribution in [1.82, 2.24) is 20.3 Å². The summed E-state index contributed by atoms with van der Waals surface area (Å²) in [4.78, 5) is 18.6. The molecule has 5 rings (SSSR count). The van der Waals surface area contributed by atoms with Gasteiger partial charge >= 0.3 is 0 Å². The third-order valence-electron chi connectivity index (χ3n) is 5.27. The van der Waals surface area contributed by atoms with Gasteiger partial charge < -0.3 is 15.4 Å². The molecule has 0 saturated heterocycles. The molecule has 0 unspecified atom stereocenters. The van der Waals surface area contributed by atoms with Crippen LogP contribution in [0.1, 0.15) is 37.8 Å². The normalized spacial score (nSPS) is 16.9. The monoisotopic (exact) mass is 440 g/mol. The Kier molecular flexibility index (Phi) is 5.63. The lowest BCUT2D eigenvalue weighted by Crippen LogP contribution is -2.35. The summed E-state index contributed by atoms with van der Waals surface area (Å²) in [6, 6.07) is 4.03. The maximum absolute atomic E-state index is 6.03. The minimum atomic E-state index is 0.316. The van der Waals surface area contributed by atoms with Crippen molar-refractivity contribution in [2.24, 2.45) is 4.99 Å². The second-order valence-electron chi connectivity index (χ2n) is 7.52. The van der Waals surface area contributed by atoms with E-state index in [1.165, 1.54) is 12.8 Å². The lowest BCUT2D eigenvalue weighted by molar-refractivity contribution is 0.201. The van der Waals surface area contributed by atoms with Crippen LogP contribution in [0, 0.1) is 6.92 Å². The molecule has 1 aliphatic heterocycles. The smallest absolute Gasteiger partial charge is 0.213 e. The van der Waals surface area contributed by atoms with Crippen molar-refractivity contribution >= 4 is 33.8 Å². The fourth-order valence-electron chi connectivity index (χ4n) is 3.69. The quantitative estimate of drug-likeness (QED) is 0.597. The second-order valence-corrected chi connectivity index (χ2v) is 9.23. The van der Waals surface area contributed by atoms with Crippen LogP contribution in [-0.4, -0.2) is 40.1 Å². The number of nitrogens with one attached hydrogen (secondary N) is 2. The summed E-state index contributed by atoms with van der Waals surface area (Å²) in [7, 11) is 0. The molecule has 0 atom stereocenters. The zero-order valence-corrected chi connectivity index (χ0v) is 18.5. The average molecular weight is 441 g/mol. The summed E-state index contributed by atoms with van der Waals surface area (Å²) in [5.74, 6) is 1.51. The van der Waals surface area contributed by atoms with Crippen molar-refractivity contribution in [3.05, 3.63) is 28.6 Å². The Morgan fingerprint density at radius 1 is 1.03 bits per heavy atom. The Morgan fingerprint density at radius 3 is 2.67 bits per heavy atom. The number of hydrogen-bond acceptors (Lipinski definition) is 9. The molecule has 1 fully saturated rings.